The normalized spacial score (nSPS) is 38.1. The van der Waals surface area contributed by atoms with Crippen molar-refractivity contribution in [2.45, 2.75) is 89.6 Å². The molecule has 3 unspecified atom stereocenters. The first-order valence-electron chi connectivity index (χ1n) is 15.5. The summed E-state index contributed by atoms with van der Waals surface area (Å²) in [5.41, 5.74) is -2.85. The number of fused-ring (bicyclic) bond motifs is 4. The van der Waals surface area contributed by atoms with Crippen LogP contribution in [0.3, 0.4) is 0 Å². The van der Waals surface area contributed by atoms with E-state index in [0.717, 1.165) is 25.7 Å². The Kier molecular flexibility index (Phi) is 6.56. The lowest BCUT2D eigenvalue weighted by atomic mass is 9.42. The van der Waals surface area contributed by atoms with Crippen LogP contribution in [0.1, 0.15) is 77.4 Å². The Morgan fingerprint density at radius 3 is 2.47 bits per heavy atom. The van der Waals surface area contributed by atoms with Crippen LogP contribution < -0.4 is 10.4 Å². The van der Waals surface area contributed by atoms with E-state index < -0.39 is 46.3 Å². The molecule has 2 aromatic heterocycles. The van der Waals surface area contributed by atoms with Gasteiger partial charge in [-0.1, -0.05) is 13.8 Å². The molecule has 2 aromatic rings. The number of carbonyl (C=O) groups excluding carboxylic acids is 2. The van der Waals surface area contributed by atoms with Crippen LogP contribution in [0.15, 0.2) is 39.8 Å². The summed E-state index contributed by atoms with van der Waals surface area (Å²) in [4.78, 5) is 43.1. The van der Waals surface area contributed by atoms with Gasteiger partial charge in [-0.15, -0.1) is 0 Å². The molecule has 230 valence electrons. The van der Waals surface area contributed by atoms with Gasteiger partial charge in [0.25, 0.3) is 0 Å². The Morgan fingerprint density at radius 2 is 1.79 bits per heavy atom. The van der Waals surface area contributed by atoms with Crippen LogP contribution in [-0.2, 0) is 19.1 Å². The number of pyridine rings is 1. The van der Waals surface area contributed by atoms with E-state index in [1.54, 1.807) is 37.5 Å². The molecule has 7 rings (SSSR count). The molecular formula is C33H39NO9. The van der Waals surface area contributed by atoms with Crippen LogP contribution in [0.5, 0.6) is 5.75 Å². The lowest BCUT2D eigenvalue weighted by Gasteiger charge is -2.66. The second kappa shape index (κ2) is 9.89. The highest BCUT2D eigenvalue weighted by Crippen LogP contribution is 2.67. The van der Waals surface area contributed by atoms with Crippen LogP contribution in [0.2, 0.25) is 0 Å². The largest absolute Gasteiger partial charge is 0.484 e. The van der Waals surface area contributed by atoms with Crippen LogP contribution in [0.4, 0.5) is 0 Å². The lowest BCUT2D eigenvalue weighted by Crippen LogP contribution is -2.71. The lowest BCUT2D eigenvalue weighted by molar-refractivity contribution is -0.267. The third-order valence-electron chi connectivity index (χ3n) is 11.2. The summed E-state index contributed by atoms with van der Waals surface area (Å²) >= 11 is 0. The topological polar surface area (TPSA) is 145 Å². The summed E-state index contributed by atoms with van der Waals surface area (Å²) in [6, 6.07) is 5.06. The highest BCUT2D eigenvalue weighted by molar-refractivity contribution is 5.75. The molecule has 4 aliphatic carbocycles. The predicted molar refractivity (Wildman–Crippen MR) is 152 cm³/mol. The number of nitrogens with zero attached hydrogens (tertiary/aromatic N) is 1. The highest BCUT2D eigenvalue weighted by atomic mass is 16.6. The minimum Gasteiger partial charge on any atom is -0.484 e. The number of rotatable bonds is 6. The maximum atomic E-state index is 13.4. The zero-order valence-corrected chi connectivity index (χ0v) is 24.8. The average molecular weight is 594 g/mol. The molecule has 5 aliphatic rings. The number of hydrogen-bond acceptors (Lipinski definition) is 10. The first-order chi connectivity index (χ1) is 20.5. The van der Waals surface area contributed by atoms with E-state index in [0.29, 0.717) is 18.4 Å². The van der Waals surface area contributed by atoms with Crippen molar-refractivity contribution in [3.8, 4) is 17.1 Å². The number of hydrogen-bond donors (Lipinski definition) is 2. The Bertz CT molecular complexity index is 1500. The van der Waals surface area contributed by atoms with Gasteiger partial charge < -0.3 is 28.8 Å². The molecular weight excluding hydrogens is 554 g/mol. The standard InChI is InChI=1S/C33H39NO9/c1-31-11-10-24(42-29(38)18-8-9-18)32(2,16-40-28(37)17-6-7-17)22(31)14-23(35)33(3)27(31)26(36)25-21(43-33)13-20(41-30(25)39)19-5-4-12-34-15-19/h4-5,12-13,15,17-18,22-24,26-27,35-36H,6-11,14,16H2,1-3H3/t22?,23-,24-,26?,27?,31-,32+,33+/m0/s1. The van der Waals surface area contributed by atoms with Gasteiger partial charge in [-0.25, -0.2) is 4.79 Å². The molecule has 1 aliphatic heterocycles. The fourth-order valence-electron chi connectivity index (χ4n) is 8.45. The van der Waals surface area contributed by atoms with Gasteiger partial charge in [-0.05, 0) is 75.3 Å². The molecule has 10 heteroatoms. The quantitative estimate of drug-likeness (QED) is 0.472. The smallest absolute Gasteiger partial charge is 0.345 e. The molecule has 4 saturated carbocycles. The molecule has 8 atom stereocenters. The number of ether oxygens (including phenoxy) is 3. The Balaban J connectivity index is 1.27. The third kappa shape index (κ3) is 4.51. The van der Waals surface area contributed by atoms with Crippen LogP contribution in [0.25, 0.3) is 11.3 Å². The number of aliphatic hydroxyl groups is 2. The zero-order valence-electron chi connectivity index (χ0n) is 24.8. The second-order valence-corrected chi connectivity index (χ2v) is 14.1. The molecule has 0 spiro atoms. The van der Waals surface area contributed by atoms with Crippen molar-refractivity contribution in [3.63, 3.8) is 0 Å². The van der Waals surface area contributed by atoms with Crippen molar-refractivity contribution >= 4 is 11.9 Å². The number of carbonyl (C=O) groups is 2. The summed E-state index contributed by atoms with van der Waals surface area (Å²) in [5, 5.41) is 23.8. The van der Waals surface area contributed by atoms with E-state index in [9.17, 15) is 24.6 Å². The van der Waals surface area contributed by atoms with E-state index in [1.807, 2.05) is 6.92 Å². The molecule has 0 radical (unpaired) electrons. The van der Waals surface area contributed by atoms with Crippen molar-refractivity contribution in [1.29, 1.82) is 0 Å². The van der Waals surface area contributed by atoms with Gasteiger partial charge in [0.05, 0.1) is 24.0 Å². The van der Waals surface area contributed by atoms with Crippen LogP contribution >= 0.6 is 0 Å². The Hall–Kier alpha value is -3.24. The first kappa shape index (κ1) is 28.5. The maximum Gasteiger partial charge on any atom is 0.345 e. The molecule has 0 amide bonds. The monoisotopic (exact) mass is 593 g/mol. The Morgan fingerprint density at radius 1 is 1.07 bits per heavy atom. The molecule has 10 nitrogen and oxygen atoms in total. The molecule has 4 fully saturated rings. The van der Waals surface area contributed by atoms with Crippen molar-refractivity contribution < 1.29 is 38.4 Å². The van der Waals surface area contributed by atoms with E-state index in [1.165, 1.54) is 0 Å². The van der Waals surface area contributed by atoms with Gasteiger partial charge >= 0.3 is 17.6 Å². The molecule has 2 N–H and O–H groups in total. The number of aliphatic hydroxyl groups excluding tert-OH is 2. The van der Waals surface area contributed by atoms with Gasteiger partial charge in [0, 0.05) is 35.4 Å². The molecule has 0 bridgehead atoms. The van der Waals surface area contributed by atoms with Gasteiger partial charge in [-0.2, -0.15) is 0 Å². The second-order valence-electron chi connectivity index (χ2n) is 14.1. The van der Waals surface area contributed by atoms with Gasteiger partial charge in [-0.3, -0.25) is 14.6 Å². The summed E-state index contributed by atoms with van der Waals surface area (Å²) < 4.78 is 24.2. The molecule has 43 heavy (non-hydrogen) atoms. The maximum absolute atomic E-state index is 13.4. The predicted octanol–water partition coefficient (Wildman–Crippen LogP) is 3.96. The summed E-state index contributed by atoms with van der Waals surface area (Å²) in [6.07, 6.45) is 4.89. The van der Waals surface area contributed by atoms with Crippen molar-refractivity contribution in [1.82, 2.24) is 4.98 Å². The SMILES string of the molecule is C[C@]12CC[C@H](OC(=O)C3CC3)[C@](C)(COC(=O)C3CC3)C1C[C@H](O)[C@@]1(C)Oc3cc(-c4cccnc4)oc(=O)c3C(O)C21. The third-order valence-corrected chi connectivity index (χ3v) is 11.2. The van der Waals surface area contributed by atoms with Gasteiger partial charge in [0.15, 0.2) is 0 Å². The van der Waals surface area contributed by atoms with E-state index >= 15 is 0 Å². The fourth-order valence-corrected chi connectivity index (χ4v) is 8.45. The van der Waals surface area contributed by atoms with E-state index in [4.69, 9.17) is 18.6 Å². The molecule has 0 saturated heterocycles. The first-order valence-corrected chi connectivity index (χ1v) is 15.5. The van der Waals surface area contributed by atoms with E-state index in [-0.39, 0.29) is 59.8 Å². The van der Waals surface area contributed by atoms with Crippen molar-refractivity contribution in [2.75, 3.05) is 6.61 Å². The van der Waals surface area contributed by atoms with Crippen LogP contribution in [0, 0.1) is 34.5 Å². The summed E-state index contributed by atoms with van der Waals surface area (Å²) in [6.45, 7) is 5.84. The van der Waals surface area contributed by atoms with E-state index in [2.05, 4.69) is 11.9 Å². The van der Waals surface area contributed by atoms with Crippen LogP contribution in [-0.4, -0.2) is 51.6 Å². The fraction of sp³-hybridized carbons (Fsp3) is 0.636. The highest BCUT2D eigenvalue weighted by Gasteiger charge is 2.70. The van der Waals surface area contributed by atoms with Gasteiger partial charge in [0.1, 0.15) is 35.4 Å². The van der Waals surface area contributed by atoms with Crippen molar-refractivity contribution in [3.05, 3.63) is 46.6 Å². The number of esters is 2. The van der Waals surface area contributed by atoms with Crippen molar-refractivity contribution in [2.24, 2.45) is 34.5 Å². The average Bonchev–Trinajstić information content (AvgIpc) is 3.88. The minimum absolute atomic E-state index is 0.0216. The summed E-state index contributed by atoms with van der Waals surface area (Å²) in [5.74, 6) is -1.26. The summed E-state index contributed by atoms with van der Waals surface area (Å²) in [7, 11) is 0. The zero-order chi connectivity index (χ0) is 30.3. The van der Waals surface area contributed by atoms with Gasteiger partial charge in [0.2, 0.25) is 0 Å². The molecule has 3 heterocycles. The minimum atomic E-state index is -1.29. The molecule has 0 aromatic carbocycles. The number of aromatic nitrogens is 1. The Labute approximate surface area is 249 Å².